The van der Waals surface area contributed by atoms with Gasteiger partial charge in [0.1, 0.15) is 0 Å². The van der Waals surface area contributed by atoms with Crippen molar-refractivity contribution in [1.82, 2.24) is 5.32 Å². The number of halogens is 2. The zero-order chi connectivity index (χ0) is 13.8. The van der Waals surface area contributed by atoms with Gasteiger partial charge in [-0.25, -0.2) is 0 Å². The molecule has 5 heteroatoms. The molecule has 0 aromatic heterocycles. The van der Waals surface area contributed by atoms with Gasteiger partial charge in [0.05, 0.1) is 6.10 Å². The maximum absolute atomic E-state index is 11.6. The molecule has 1 amide bonds. The van der Waals surface area contributed by atoms with E-state index in [1.165, 1.54) is 6.08 Å². The Bertz CT molecular complexity index is 478. The van der Waals surface area contributed by atoms with Gasteiger partial charge >= 0.3 is 0 Å². The van der Waals surface area contributed by atoms with Crippen molar-refractivity contribution >= 4 is 35.2 Å². The molecule has 1 aromatic carbocycles. The standard InChI is InChI=1S/C14H15Cl2NO2/c15-11-2-1-3-12(16)10(11)6-7-14(19)17-8-13(18)9-4-5-9/h1-3,6-7,9,13,18H,4-5,8H2,(H,17,19). The zero-order valence-corrected chi connectivity index (χ0v) is 11.8. The summed E-state index contributed by atoms with van der Waals surface area (Å²) < 4.78 is 0. The molecular weight excluding hydrogens is 285 g/mol. The summed E-state index contributed by atoms with van der Waals surface area (Å²) >= 11 is 12.0. The Morgan fingerprint density at radius 2 is 2.05 bits per heavy atom. The lowest BCUT2D eigenvalue weighted by Gasteiger charge is -2.08. The topological polar surface area (TPSA) is 49.3 Å². The molecule has 3 nitrogen and oxygen atoms in total. The summed E-state index contributed by atoms with van der Waals surface area (Å²) in [6.07, 6.45) is 4.58. The molecule has 2 rings (SSSR count). The van der Waals surface area contributed by atoms with Crippen LogP contribution in [0.1, 0.15) is 18.4 Å². The second kappa shape index (κ2) is 6.42. The van der Waals surface area contributed by atoms with Crippen molar-refractivity contribution in [1.29, 1.82) is 0 Å². The van der Waals surface area contributed by atoms with Gasteiger partial charge in [-0.05, 0) is 37.0 Å². The Morgan fingerprint density at radius 1 is 1.42 bits per heavy atom. The van der Waals surface area contributed by atoms with Crippen LogP contribution in [-0.2, 0) is 4.79 Å². The van der Waals surface area contributed by atoms with E-state index in [0.717, 1.165) is 12.8 Å². The van der Waals surface area contributed by atoms with Crippen molar-refractivity contribution < 1.29 is 9.90 Å². The van der Waals surface area contributed by atoms with Crippen LogP contribution in [0.3, 0.4) is 0 Å². The minimum absolute atomic E-state index is 0.268. The zero-order valence-electron chi connectivity index (χ0n) is 10.3. The molecule has 1 aromatic rings. The van der Waals surface area contributed by atoms with E-state index < -0.39 is 6.10 Å². The third-order valence-corrected chi connectivity index (χ3v) is 3.71. The molecule has 1 fully saturated rings. The highest BCUT2D eigenvalue weighted by Crippen LogP contribution is 2.32. The summed E-state index contributed by atoms with van der Waals surface area (Å²) in [6, 6.07) is 5.16. The van der Waals surface area contributed by atoms with Crippen LogP contribution < -0.4 is 5.32 Å². The molecule has 1 aliphatic carbocycles. The number of hydrogen-bond acceptors (Lipinski definition) is 2. The molecule has 1 aliphatic rings. The molecule has 1 saturated carbocycles. The van der Waals surface area contributed by atoms with Gasteiger partial charge in [0.2, 0.25) is 5.91 Å². The summed E-state index contributed by atoms with van der Waals surface area (Å²) in [4.78, 5) is 11.6. The maximum Gasteiger partial charge on any atom is 0.244 e. The first-order valence-electron chi connectivity index (χ1n) is 6.16. The Balaban J connectivity index is 1.88. The van der Waals surface area contributed by atoms with Gasteiger partial charge in [0.25, 0.3) is 0 Å². The molecule has 102 valence electrons. The van der Waals surface area contributed by atoms with E-state index in [4.69, 9.17) is 23.2 Å². The fraction of sp³-hybridized carbons (Fsp3) is 0.357. The number of amides is 1. The summed E-state index contributed by atoms with van der Waals surface area (Å²) in [7, 11) is 0. The van der Waals surface area contributed by atoms with E-state index in [9.17, 15) is 9.90 Å². The van der Waals surface area contributed by atoms with Crippen molar-refractivity contribution in [3.05, 3.63) is 39.9 Å². The van der Waals surface area contributed by atoms with Gasteiger partial charge in [-0.3, -0.25) is 4.79 Å². The molecule has 0 radical (unpaired) electrons. The van der Waals surface area contributed by atoms with E-state index in [2.05, 4.69) is 5.32 Å². The first-order chi connectivity index (χ1) is 9.08. The largest absolute Gasteiger partial charge is 0.391 e. The highest BCUT2D eigenvalue weighted by atomic mass is 35.5. The fourth-order valence-corrected chi connectivity index (χ4v) is 2.26. The second-order valence-electron chi connectivity index (χ2n) is 4.62. The van der Waals surface area contributed by atoms with Crippen molar-refractivity contribution in [2.24, 2.45) is 5.92 Å². The van der Waals surface area contributed by atoms with Crippen molar-refractivity contribution in [3.63, 3.8) is 0 Å². The minimum atomic E-state index is -0.443. The number of benzene rings is 1. The second-order valence-corrected chi connectivity index (χ2v) is 5.43. The minimum Gasteiger partial charge on any atom is -0.391 e. The normalized spacial score (nSPS) is 16.6. The van der Waals surface area contributed by atoms with Crippen LogP contribution in [0.5, 0.6) is 0 Å². The molecule has 1 unspecified atom stereocenters. The van der Waals surface area contributed by atoms with Crippen LogP contribution >= 0.6 is 23.2 Å². The van der Waals surface area contributed by atoms with Crippen molar-refractivity contribution in [2.45, 2.75) is 18.9 Å². The first kappa shape index (κ1) is 14.4. The predicted molar refractivity (Wildman–Crippen MR) is 77.2 cm³/mol. The van der Waals surface area contributed by atoms with Crippen LogP contribution in [0.2, 0.25) is 10.0 Å². The lowest BCUT2D eigenvalue weighted by atomic mass is 10.2. The Hall–Kier alpha value is -1.03. The van der Waals surface area contributed by atoms with Crippen molar-refractivity contribution in [3.8, 4) is 0 Å². The number of aliphatic hydroxyl groups is 1. The highest BCUT2D eigenvalue weighted by Gasteiger charge is 2.29. The summed E-state index contributed by atoms with van der Waals surface area (Å²) in [5.41, 5.74) is 0.615. The summed E-state index contributed by atoms with van der Waals surface area (Å²) in [5.74, 6) is 0.0815. The smallest absolute Gasteiger partial charge is 0.244 e. The molecule has 19 heavy (non-hydrogen) atoms. The van der Waals surface area contributed by atoms with Gasteiger partial charge in [0, 0.05) is 28.2 Å². The van der Waals surface area contributed by atoms with E-state index in [1.807, 2.05) is 0 Å². The number of rotatable bonds is 5. The lowest BCUT2D eigenvalue weighted by Crippen LogP contribution is -2.31. The molecule has 0 aliphatic heterocycles. The van der Waals surface area contributed by atoms with Gasteiger partial charge in [-0.1, -0.05) is 29.3 Å². The maximum atomic E-state index is 11.6. The Labute approximate surface area is 122 Å². The average molecular weight is 300 g/mol. The van der Waals surface area contributed by atoms with Crippen LogP contribution in [0, 0.1) is 5.92 Å². The number of carbonyl (C=O) groups is 1. The van der Waals surface area contributed by atoms with Gasteiger partial charge in [-0.2, -0.15) is 0 Å². The number of aliphatic hydroxyl groups excluding tert-OH is 1. The highest BCUT2D eigenvalue weighted by molar-refractivity contribution is 6.37. The van der Waals surface area contributed by atoms with Crippen LogP contribution in [0.4, 0.5) is 0 Å². The third kappa shape index (κ3) is 4.23. The van der Waals surface area contributed by atoms with Gasteiger partial charge in [0.15, 0.2) is 0 Å². The van der Waals surface area contributed by atoms with E-state index in [-0.39, 0.29) is 12.5 Å². The van der Waals surface area contributed by atoms with Crippen molar-refractivity contribution in [2.75, 3.05) is 6.54 Å². The molecule has 1 atom stereocenters. The molecule has 2 N–H and O–H groups in total. The van der Waals surface area contributed by atoms with Gasteiger partial charge in [-0.15, -0.1) is 0 Å². The molecule has 0 heterocycles. The van der Waals surface area contributed by atoms with E-state index >= 15 is 0 Å². The third-order valence-electron chi connectivity index (χ3n) is 3.05. The van der Waals surface area contributed by atoms with Crippen LogP contribution in [0.25, 0.3) is 6.08 Å². The van der Waals surface area contributed by atoms with Crippen LogP contribution in [0.15, 0.2) is 24.3 Å². The van der Waals surface area contributed by atoms with E-state index in [1.54, 1.807) is 24.3 Å². The fourth-order valence-electron chi connectivity index (χ4n) is 1.74. The number of carbonyl (C=O) groups excluding carboxylic acids is 1. The van der Waals surface area contributed by atoms with Gasteiger partial charge < -0.3 is 10.4 Å². The lowest BCUT2D eigenvalue weighted by molar-refractivity contribution is -0.116. The van der Waals surface area contributed by atoms with Crippen LogP contribution in [-0.4, -0.2) is 23.7 Å². The summed E-state index contributed by atoms with van der Waals surface area (Å²) in [5, 5.41) is 13.3. The molecule has 0 saturated heterocycles. The number of nitrogens with one attached hydrogen (secondary N) is 1. The average Bonchev–Trinajstić information content (AvgIpc) is 3.19. The molecular formula is C14H15Cl2NO2. The molecule has 0 bridgehead atoms. The molecule has 0 spiro atoms. The first-order valence-corrected chi connectivity index (χ1v) is 6.91. The SMILES string of the molecule is O=C(C=Cc1c(Cl)cccc1Cl)NCC(O)C1CC1. The Morgan fingerprint density at radius 3 is 2.63 bits per heavy atom. The number of hydrogen-bond donors (Lipinski definition) is 2. The summed E-state index contributed by atoms with van der Waals surface area (Å²) in [6.45, 7) is 0.282. The monoisotopic (exact) mass is 299 g/mol. The quantitative estimate of drug-likeness (QED) is 0.822. The predicted octanol–water partition coefficient (Wildman–Crippen LogP) is 2.89. The van der Waals surface area contributed by atoms with E-state index in [0.29, 0.717) is 21.5 Å². The Kier molecular flexibility index (Phi) is 4.86.